The maximum absolute atomic E-state index is 13.6. The van der Waals surface area contributed by atoms with Crippen LogP contribution in [-0.2, 0) is 0 Å². The van der Waals surface area contributed by atoms with Crippen molar-refractivity contribution in [2.24, 2.45) is 0 Å². The highest BCUT2D eigenvalue weighted by molar-refractivity contribution is 6.03. The van der Waals surface area contributed by atoms with Crippen molar-refractivity contribution in [3.63, 3.8) is 0 Å². The van der Waals surface area contributed by atoms with Gasteiger partial charge in [0.25, 0.3) is 5.91 Å². The smallest absolute Gasteiger partial charge is 0.275 e. The van der Waals surface area contributed by atoms with Crippen LogP contribution >= 0.6 is 0 Å². The molecule has 1 aromatic heterocycles. The van der Waals surface area contributed by atoms with Crippen LogP contribution in [0.15, 0.2) is 48.8 Å². The van der Waals surface area contributed by atoms with Crippen LogP contribution in [0, 0.1) is 25.5 Å². The first-order valence-electron chi connectivity index (χ1n) is 7.86. The van der Waals surface area contributed by atoms with E-state index in [-0.39, 0.29) is 17.2 Å². The van der Waals surface area contributed by atoms with E-state index in [0.29, 0.717) is 5.69 Å². The third kappa shape index (κ3) is 3.66. The summed E-state index contributed by atoms with van der Waals surface area (Å²) >= 11 is 0. The van der Waals surface area contributed by atoms with E-state index in [1.54, 1.807) is 6.07 Å². The molecule has 0 saturated carbocycles. The van der Waals surface area contributed by atoms with Gasteiger partial charge in [0.15, 0.2) is 0 Å². The number of anilines is 3. The molecule has 0 spiro atoms. The zero-order valence-corrected chi connectivity index (χ0v) is 14.2. The van der Waals surface area contributed by atoms with Crippen LogP contribution in [0.3, 0.4) is 0 Å². The van der Waals surface area contributed by atoms with Crippen molar-refractivity contribution in [2.45, 2.75) is 13.8 Å². The average Bonchev–Trinajstić information content (AvgIpc) is 2.63. The molecule has 3 aromatic rings. The Balaban J connectivity index is 1.75. The minimum absolute atomic E-state index is 0.0884. The van der Waals surface area contributed by atoms with Crippen molar-refractivity contribution < 1.29 is 13.6 Å². The second kappa shape index (κ2) is 7.26. The number of nitrogens with one attached hydrogen (secondary N) is 2. The highest BCUT2D eigenvalue weighted by Gasteiger charge is 2.12. The maximum atomic E-state index is 13.6. The van der Waals surface area contributed by atoms with Gasteiger partial charge < -0.3 is 10.6 Å². The number of aryl methyl sites for hydroxylation is 1. The van der Waals surface area contributed by atoms with Gasteiger partial charge in [0.1, 0.15) is 28.8 Å². The number of halogens is 2. The second-order valence-electron chi connectivity index (χ2n) is 5.71. The van der Waals surface area contributed by atoms with Crippen LogP contribution in [0.4, 0.5) is 26.0 Å². The quantitative estimate of drug-likeness (QED) is 0.730. The van der Waals surface area contributed by atoms with E-state index < -0.39 is 17.5 Å². The number of carbonyl (C=O) groups is 1. The third-order valence-electron chi connectivity index (χ3n) is 3.95. The summed E-state index contributed by atoms with van der Waals surface area (Å²) in [5, 5.41) is 5.29. The molecule has 5 nitrogen and oxygen atoms in total. The van der Waals surface area contributed by atoms with Gasteiger partial charge in [0, 0.05) is 5.69 Å². The van der Waals surface area contributed by atoms with Gasteiger partial charge in [-0.2, -0.15) is 0 Å². The van der Waals surface area contributed by atoms with Gasteiger partial charge in [-0.1, -0.05) is 18.2 Å². The van der Waals surface area contributed by atoms with Crippen molar-refractivity contribution in [3.05, 3.63) is 77.2 Å². The molecular weight excluding hydrogens is 338 g/mol. The summed E-state index contributed by atoms with van der Waals surface area (Å²) in [4.78, 5) is 20.3. The maximum Gasteiger partial charge on any atom is 0.275 e. The van der Waals surface area contributed by atoms with Crippen molar-refractivity contribution in [1.29, 1.82) is 0 Å². The minimum Gasteiger partial charge on any atom is -0.334 e. The van der Waals surface area contributed by atoms with Crippen LogP contribution in [0.1, 0.15) is 21.6 Å². The topological polar surface area (TPSA) is 66.9 Å². The molecule has 2 aromatic carbocycles. The molecule has 0 fully saturated rings. The molecule has 0 saturated heterocycles. The molecule has 26 heavy (non-hydrogen) atoms. The number of nitrogens with zero attached hydrogens (tertiary/aromatic N) is 2. The molecule has 0 atom stereocenters. The summed E-state index contributed by atoms with van der Waals surface area (Å²) in [5.74, 6) is -1.79. The summed E-state index contributed by atoms with van der Waals surface area (Å²) in [6, 6.07) is 9.12. The Morgan fingerprint density at radius 3 is 2.31 bits per heavy atom. The first kappa shape index (κ1) is 17.5. The van der Waals surface area contributed by atoms with Crippen LogP contribution in [0.25, 0.3) is 0 Å². The Morgan fingerprint density at radius 2 is 1.65 bits per heavy atom. The Morgan fingerprint density at radius 1 is 0.962 bits per heavy atom. The lowest BCUT2D eigenvalue weighted by Crippen LogP contribution is -2.15. The second-order valence-corrected chi connectivity index (χ2v) is 5.71. The Kier molecular flexibility index (Phi) is 4.88. The summed E-state index contributed by atoms with van der Waals surface area (Å²) < 4.78 is 27.3. The molecule has 1 heterocycles. The number of amides is 1. The fourth-order valence-corrected chi connectivity index (χ4v) is 2.33. The van der Waals surface area contributed by atoms with Gasteiger partial charge in [-0.05, 0) is 43.2 Å². The van der Waals surface area contributed by atoms with Crippen molar-refractivity contribution in [1.82, 2.24) is 9.97 Å². The summed E-state index contributed by atoms with van der Waals surface area (Å²) in [5.41, 5.74) is 2.47. The Bertz CT molecular complexity index is 938. The Hall–Kier alpha value is -3.35. The van der Waals surface area contributed by atoms with Gasteiger partial charge in [-0.3, -0.25) is 4.79 Å². The fourth-order valence-electron chi connectivity index (χ4n) is 2.33. The van der Waals surface area contributed by atoms with E-state index >= 15 is 0 Å². The first-order chi connectivity index (χ1) is 12.5. The van der Waals surface area contributed by atoms with E-state index in [2.05, 4.69) is 20.6 Å². The monoisotopic (exact) mass is 354 g/mol. The summed E-state index contributed by atoms with van der Waals surface area (Å²) in [7, 11) is 0. The number of rotatable bonds is 4. The van der Waals surface area contributed by atoms with Gasteiger partial charge in [-0.25, -0.2) is 18.7 Å². The number of benzene rings is 2. The largest absolute Gasteiger partial charge is 0.334 e. The van der Waals surface area contributed by atoms with E-state index in [0.717, 1.165) is 23.3 Å². The number of para-hydroxylation sites is 1. The van der Waals surface area contributed by atoms with E-state index in [4.69, 9.17) is 0 Å². The summed E-state index contributed by atoms with van der Waals surface area (Å²) in [6.45, 7) is 3.86. The number of aromatic nitrogens is 2. The predicted octanol–water partition coefficient (Wildman–Crippen LogP) is 4.37. The van der Waals surface area contributed by atoms with Crippen LogP contribution in [-0.4, -0.2) is 15.9 Å². The fraction of sp³-hybridized carbons (Fsp3) is 0.105. The minimum atomic E-state index is -0.747. The molecular formula is C19H16F2N4O. The molecule has 0 aliphatic rings. The molecule has 3 rings (SSSR count). The lowest BCUT2D eigenvalue weighted by molar-refractivity contribution is 0.102. The number of hydrogen-bond donors (Lipinski definition) is 2. The van der Waals surface area contributed by atoms with Crippen molar-refractivity contribution in [2.75, 3.05) is 10.6 Å². The van der Waals surface area contributed by atoms with E-state index in [9.17, 15) is 13.6 Å². The molecule has 0 aliphatic carbocycles. The molecule has 0 bridgehead atoms. The lowest BCUT2D eigenvalue weighted by Gasteiger charge is -2.10. The lowest BCUT2D eigenvalue weighted by atomic mass is 10.1. The highest BCUT2D eigenvalue weighted by atomic mass is 19.1. The zero-order chi connectivity index (χ0) is 18.7. The predicted molar refractivity (Wildman–Crippen MR) is 95.5 cm³/mol. The molecule has 0 radical (unpaired) electrons. The molecule has 132 valence electrons. The van der Waals surface area contributed by atoms with Gasteiger partial charge >= 0.3 is 0 Å². The summed E-state index contributed by atoms with van der Waals surface area (Å²) in [6.07, 6.45) is 2.48. The third-order valence-corrected chi connectivity index (χ3v) is 3.95. The number of carbonyl (C=O) groups excluding carboxylic acids is 1. The van der Waals surface area contributed by atoms with Gasteiger partial charge in [0.05, 0.1) is 12.4 Å². The van der Waals surface area contributed by atoms with Crippen molar-refractivity contribution in [3.8, 4) is 0 Å². The Labute approximate surface area is 149 Å². The SMILES string of the molecule is Cc1cccc(NC(=O)c2cnc(Nc3c(F)cccc3F)cn2)c1C. The highest BCUT2D eigenvalue weighted by Crippen LogP contribution is 2.22. The molecule has 1 amide bonds. The molecule has 7 heteroatoms. The normalized spacial score (nSPS) is 10.5. The van der Waals surface area contributed by atoms with Crippen LogP contribution in [0.2, 0.25) is 0 Å². The molecule has 0 aliphatic heterocycles. The van der Waals surface area contributed by atoms with Crippen molar-refractivity contribution >= 4 is 23.1 Å². The van der Waals surface area contributed by atoms with Crippen LogP contribution < -0.4 is 10.6 Å². The van der Waals surface area contributed by atoms with Crippen LogP contribution in [0.5, 0.6) is 0 Å². The average molecular weight is 354 g/mol. The van der Waals surface area contributed by atoms with Gasteiger partial charge in [-0.15, -0.1) is 0 Å². The van der Waals surface area contributed by atoms with Gasteiger partial charge in [0.2, 0.25) is 0 Å². The van der Waals surface area contributed by atoms with E-state index in [1.807, 2.05) is 26.0 Å². The number of hydrogen-bond acceptors (Lipinski definition) is 4. The molecule has 0 unspecified atom stereocenters. The molecule has 2 N–H and O–H groups in total. The first-order valence-corrected chi connectivity index (χ1v) is 7.86. The van der Waals surface area contributed by atoms with E-state index in [1.165, 1.54) is 18.5 Å². The standard InChI is InChI=1S/C19H16F2N4O/c1-11-5-3-8-15(12(11)2)24-19(26)16-9-23-17(10-22-16)25-18-13(20)6-4-7-14(18)21/h3-10H,1-2H3,(H,23,25)(H,24,26). The zero-order valence-electron chi connectivity index (χ0n) is 14.2.